The number of ether oxygens (including phenoxy) is 2. The highest BCUT2D eigenvalue weighted by atomic mass is 16.6. The van der Waals surface area contributed by atoms with E-state index in [1.165, 1.54) is 45.2 Å². The molecular formula is C15H21N3O6. The number of methoxy groups -OCH3 is 1. The minimum atomic E-state index is -0.980. The van der Waals surface area contributed by atoms with Crippen molar-refractivity contribution in [2.24, 2.45) is 0 Å². The molecule has 0 spiro atoms. The van der Waals surface area contributed by atoms with Gasteiger partial charge in [-0.3, -0.25) is 14.9 Å². The second kappa shape index (κ2) is 8.82. The Morgan fingerprint density at radius 1 is 1.38 bits per heavy atom. The van der Waals surface area contributed by atoms with Gasteiger partial charge >= 0.3 is 5.97 Å². The van der Waals surface area contributed by atoms with Crippen molar-refractivity contribution in [2.45, 2.75) is 13.0 Å². The predicted octanol–water partition coefficient (Wildman–Crippen LogP) is 1.29. The van der Waals surface area contributed by atoms with Gasteiger partial charge in [-0.05, 0) is 19.1 Å². The van der Waals surface area contributed by atoms with Gasteiger partial charge in [-0.2, -0.15) is 0 Å². The molecule has 24 heavy (non-hydrogen) atoms. The molecular weight excluding hydrogens is 318 g/mol. The Morgan fingerprint density at radius 2 is 2.04 bits per heavy atom. The first kappa shape index (κ1) is 19.4. The number of hydrogen-bond acceptors (Lipinski definition) is 7. The van der Waals surface area contributed by atoms with E-state index in [1.807, 2.05) is 0 Å². The first-order chi connectivity index (χ1) is 11.3. The van der Waals surface area contributed by atoms with E-state index in [0.717, 1.165) is 6.07 Å². The van der Waals surface area contributed by atoms with Gasteiger partial charge in [-0.15, -0.1) is 0 Å². The third kappa shape index (κ3) is 5.20. The molecule has 1 atom stereocenters. The summed E-state index contributed by atoms with van der Waals surface area (Å²) < 4.78 is 9.91. The highest BCUT2D eigenvalue weighted by molar-refractivity contribution is 5.93. The van der Waals surface area contributed by atoms with Crippen LogP contribution in [0.4, 0.5) is 11.4 Å². The molecule has 0 aromatic heterocycles. The summed E-state index contributed by atoms with van der Waals surface area (Å²) in [5.74, 6) is -1.18. The van der Waals surface area contributed by atoms with Crippen LogP contribution in [0, 0.1) is 10.1 Å². The van der Waals surface area contributed by atoms with E-state index < -0.39 is 17.0 Å². The SMILES string of the molecule is COCCNc1ccc(C(=O)O[C@H](C)C(=O)N(C)C)cc1[N+](=O)[O-]. The van der Waals surface area contributed by atoms with Crippen molar-refractivity contribution < 1.29 is 24.0 Å². The van der Waals surface area contributed by atoms with Crippen LogP contribution in [0.25, 0.3) is 0 Å². The normalized spacial score (nSPS) is 11.5. The fourth-order valence-corrected chi connectivity index (χ4v) is 1.89. The Kier molecular flexibility index (Phi) is 7.12. The number of carbonyl (C=O) groups excluding carboxylic acids is 2. The lowest BCUT2D eigenvalue weighted by Gasteiger charge is -2.17. The van der Waals surface area contributed by atoms with Crippen molar-refractivity contribution in [1.82, 2.24) is 4.90 Å². The Labute approximate surface area is 139 Å². The zero-order valence-corrected chi connectivity index (χ0v) is 14.1. The maximum atomic E-state index is 12.1. The second-order valence-corrected chi connectivity index (χ2v) is 5.19. The molecule has 9 nitrogen and oxygen atoms in total. The zero-order valence-electron chi connectivity index (χ0n) is 14.1. The van der Waals surface area contributed by atoms with Gasteiger partial charge in [0.25, 0.3) is 11.6 Å². The van der Waals surface area contributed by atoms with Gasteiger partial charge < -0.3 is 19.7 Å². The minimum Gasteiger partial charge on any atom is -0.449 e. The number of benzene rings is 1. The molecule has 1 amide bonds. The Hall–Kier alpha value is -2.68. The number of nitrogens with one attached hydrogen (secondary N) is 1. The lowest BCUT2D eigenvalue weighted by atomic mass is 10.1. The monoisotopic (exact) mass is 339 g/mol. The number of nitrogens with zero attached hydrogens (tertiary/aromatic N) is 2. The van der Waals surface area contributed by atoms with Crippen molar-refractivity contribution in [1.29, 1.82) is 0 Å². The third-order valence-corrected chi connectivity index (χ3v) is 3.12. The molecule has 1 aromatic carbocycles. The van der Waals surface area contributed by atoms with Gasteiger partial charge in [0.05, 0.1) is 17.1 Å². The van der Waals surface area contributed by atoms with E-state index in [-0.39, 0.29) is 22.8 Å². The molecule has 0 bridgehead atoms. The number of anilines is 1. The molecule has 0 heterocycles. The number of nitro groups is 1. The molecule has 1 rings (SSSR count). The molecule has 1 aromatic rings. The van der Waals surface area contributed by atoms with Crippen molar-refractivity contribution in [3.63, 3.8) is 0 Å². The van der Waals surface area contributed by atoms with E-state index in [0.29, 0.717) is 13.2 Å². The van der Waals surface area contributed by atoms with Crippen LogP contribution in [0.3, 0.4) is 0 Å². The molecule has 0 fully saturated rings. The van der Waals surface area contributed by atoms with E-state index >= 15 is 0 Å². The lowest BCUT2D eigenvalue weighted by molar-refractivity contribution is -0.384. The highest BCUT2D eigenvalue weighted by Gasteiger charge is 2.23. The Morgan fingerprint density at radius 3 is 2.58 bits per heavy atom. The predicted molar refractivity (Wildman–Crippen MR) is 87.0 cm³/mol. The molecule has 1 N–H and O–H groups in total. The first-order valence-electron chi connectivity index (χ1n) is 7.21. The number of amides is 1. The van der Waals surface area contributed by atoms with Crippen molar-refractivity contribution in [3.8, 4) is 0 Å². The van der Waals surface area contributed by atoms with E-state index in [4.69, 9.17) is 9.47 Å². The highest BCUT2D eigenvalue weighted by Crippen LogP contribution is 2.26. The number of esters is 1. The second-order valence-electron chi connectivity index (χ2n) is 5.19. The molecule has 0 radical (unpaired) electrons. The van der Waals surface area contributed by atoms with Crippen LogP contribution in [0.5, 0.6) is 0 Å². The van der Waals surface area contributed by atoms with Crippen LogP contribution in [-0.4, -0.2) is 62.2 Å². The Bertz CT molecular complexity index is 617. The van der Waals surface area contributed by atoms with Crippen molar-refractivity contribution in [3.05, 3.63) is 33.9 Å². The van der Waals surface area contributed by atoms with E-state index in [1.54, 1.807) is 0 Å². The standard InChI is InChI=1S/C15H21N3O6/c1-10(14(19)17(2)3)24-15(20)11-5-6-12(16-7-8-23-4)13(9-11)18(21)22/h5-6,9-10,16H,7-8H2,1-4H3/t10-/m1/s1. The number of rotatable bonds is 8. The van der Waals surface area contributed by atoms with Gasteiger partial charge in [0, 0.05) is 33.8 Å². The first-order valence-corrected chi connectivity index (χ1v) is 7.21. The summed E-state index contributed by atoms with van der Waals surface area (Å²) in [4.78, 5) is 35.6. The minimum absolute atomic E-state index is 0.00241. The summed E-state index contributed by atoms with van der Waals surface area (Å²) in [7, 11) is 4.60. The summed E-state index contributed by atoms with van der Waals surface area (Å²) in [6, 6.07) is 3.93. The largest absolute Gasteiger partial charge is 0.449 e. The van der Waals surface area contributed by atoms with Crippen LogP contribution >= 0.6 is 0 Å². The van der Waals surface area contributed by atoms with Crippen LogP contribution in [0.2, 0.25) is 0 Å². The maximum absolute atomic E-state index is 12.1. The maximum Gasteiger partial charge on any atom is 0.339 e. The molecule has 9 heteroatoms. The fourth-order valence-electron chi connectivity index (χ4n) is 1.89. The quantitative estimate of drug-likeness (QED) is 0.329. The molecule has 0 aliphatic carbocycles. The van der Waals surface area contributed by atoms with Gasteiger partial charge in [0.2, 0.25) is 0 Å². The number of carbonyl (C=O) groups is 2. The van der Waals surface area contributed by atoms with Crippen molar-refractivity contribution in [2.75, 3.05) is 39.7 Å². The van der Waals surface area contributed by atoms with E-state index in [9.17, 15) is 19.7 Å². The van der Waals surface area contributed by atoms with Gasteiger partial charge in [0.1, 0.15) is 5.69 Å². The molecule has 0 aliphatic heterocycles. The Balaban J connectivity index is 2.92. The summed E-state index contributed by atoms with van der Waals surface area (Å²) >= 11 is 0. The molecule has 0 aliphatic rings. The van der Waals surface area contributed by atoms with Gasteiger partial charge in [-0.25, -0.2) is 4.79 Å². The van der Waals surface area contributed by atoms with Gasteiger partial charge in [-0.1, -0.05) is 0 Å². The molecule has 132 valence electrons. The number of hydrogen-bond donors (Lipinski definition) is 1. The van der Waals surface area contributed by atoms with Crippen LogP contribution in [-0.2, 0) is 14.3 Å². The molecule has 0 saturated heterocycles. The van der Waals surface area contributed by atoms with Gasteiger partial charge in [0.15, 0.2) is 6.10 Å². The van der Waals surface area contributed by atoms with E-state index in [2.05, 4.69) is 5.32 Å². The lowest BCUT2D eigenvalue weighted by Crippen LogP contribution is -2.34. The molecule has 0 unspecified atom stereocenters. The fraction of sp³-hybridized carbons (Fsp3) is 0.467. The number of nitro benzene ring substituents is 1. The summed E-state index contributed by atoms with van der Waals surface area (Å²) in [6.07, 6.45) is -0.980. The van der Waals surface area contributed by atoms with Crippen molar-refractivity contribution >= 4 is 23.3 Å². The summed E-state index contributed by atoms with van der Waals surface area (Å²) in [6.45, 7) is 2.20. The zero-order chi connectivity index (χ0) is 18.3. The third-order valence-electron chi connectivity index (χ3n) is 3.12. The molecule has 0 saturated carbocycles. The average Bonchev–Trinajstić information content (AvgIpc) is 2.53. The smallest absolute Gasteiger partial charge is 0.339 e. The number of likely N-dealkylation sites (N-methyl/N-ethyl adjacent to an activating group) is 1. The average molecular weight is 339 g/mol. The summed E-state index contributed by atoms with van der Waals surface area (Å²) in [5, 5.41) is 14.0. The summed E-state index contributed by atoms with van der Waals surface area (Å²) in [5.41, 5.74) is 0.00977. The van der Waals surface area contributed by atoms with Crippen LogP contribution in [0.1, 0.15) is 17.3 Å². The van der Waals surface area contributed by atoms with Crippen LogP contribution in [0.15, 0.2) is 18.2 Å². The topological polar surface area (TPSA) is 111 Å². The van der Waals surface area contributed by atoms with Crippen LogP contribution < -0.4 is 5.32 Å².